The molecule has 0 N–H and O–H groups in total. The highest BCUT2D eigenvalue weighted by Gasteiger charge is 2.41. The molecule has 0 aliphatic carbocycles. The van der Waals surface area contributed by atoms with Crippen LogP contribution in [0.4, 0.5) is 13.2 Å². The molecule has 104 valence electrons. The second-order valence-corrected chi connectivity index (χ2v) is 3.83. The maximum atomic E-state index is 12.3. The summed E-state index contributed by atoms with van der Waals surface area (Å²) in [5.41, 5.74) is -0.494. The summed E-state index contributed by atoms with van der Waals surface area (Å²) >= 11 is 0. The molecule has 6 nitrogen and oxygen atoms in total. The summed E-state index contributed by atoms with van der Waals surface area (Å²) in [5, 5.41) is 24.2. The number of hydrogen-bond donors (Lipinski definition) is 0. The number of Topliss-reactive ketones (excluding diaryl/α,β-unsaturated/α-hetero) is 1. The van der Waals surface area contributed by atoms with E-state index in [1.54, 1.807) is 12.1 Å². The highest BCUT2D eigenvalue weighted by molar-refractivity contribution is 5.98. The van der Waals surface area contributed by atoms with E-state index < -0.39 is 17.7 Å². The number of carbonyl (C=O) groups is 1. The summed E-state index contributed by atoms with van der Waals surface area (Å²) in [6.07, 6.45) is -4.23. The summed E-state index contributed by atoms with van der Waals surface area (Å²) in [7, 11) is 0. The Labute approximate surface area is 115 Å². The van der Waals surface area contributed by atoms with E-state index in [0.29, 0.717) is 0 Å². The van der Waals surface area contributed by atoms with E-state index in [1.165, 1.54) is 18.2 Å². The SMILES string of the molecule is N#Cc1ccc(-n2cc(C(=O)C(F)(F)F)nn2)cc1C#N. The lowest BCUT2D eigenvalue weighted by Gasteiger charge is -2.02. The monoisotopic (exact) mass is 291 g/mol. The zero-order valence-corrected chi connectivity index (χ0v) is 10.1. The van der Waals surface area contributed by atoms with Gasteiger partial charge in [0, 0.05) is 0 Å². The summed E-state index contributed by atoms with van der Waals surface area (Å²) < 4.78 is 37.7. The number of rotatable bonds is 2. The second-order valence-electron chi connectivity index (χ2n) is 3.83. The maximum absolute atomic E-state index is 12.3. The lowest BCUT2D eigenvalue weighted by molar-refractivity contribution is -0.0888. The zero-order chi connectivity index (χ0) is 15.6. The zero-order valence-electron chi connectivity index (χ0n) is 10.1. The van der Waals surface area contributed by atoms with Crippen LogP contribution < -0.4 is 0 Å². The van der Waals surface area contributed by atoms with Gasteiger partial charge in [-0.2, -0.15) is 23.7 Å². The van der Waals surface area contributed by atoms with Crippen LogP contribution in [0.2, 0.25) is 0 Å². The molecule has 1 aromatic carbocycles. The summed E-state index contributed by atoms with van der Waals surface area (Å²) in [5.74, 6) is -2.11. The van der Waals surface area contributed by atoms with Crippen molar-refractivity contribution in [1.29, 1.82) is 10.5 Å². The highest BCUT2D eigenvalue weighted by Crippen LogP contribution is 2.21. The molecule has 0 bridgehead atoms. The van der Waals surface area contributed by atoms with E-state index in [2.05, 4.69) is 10.3 Å². The number of carbonyl (C=O) groups excluding carboxylic acids is 1. The predicted octanol–water partition coefficient (Wildman–Crippen LogP) is 1.76. The average Bonchev–Trinajstić information content (AvgIpc) is 2.94. The molecule has 0 radical (unpaired) electrons. The van der Waals surface area contributed by atoms with Crippen LogP contribution in [0.15, 0.2) is 24.4 Å². The Morgan fingerprint density at radius 2 is 1.86 bits per heavy atom. The topological polar surface area (TPSA) is 95.4 Å². The van der Waals surface area contributed by atoms with E-state index >= 15 is 0 Å². The Balaban J connectivity index is 2.42. The van der Waals surface area contributed by atoms with Crippen LogP contribution in [-0.4, -0.2) is 27.0 Å². The predicted molar refractivity (Wildman–Crippen MR) is 61.2 cm³/mol. The van der Waals surface area contributed by atoms with Crippen molar-refractivity contribution in [2.45, 2.75) is 6.18 Å². The van der Waals surface area contributed by atoms with Gasteiger partial charge in [0.25, 0.3) is 5.78 Å². The van der Waals surface area contributed by atoms with Crippen molar-refractivity contribution in [2.75, 3.05) is 0 Å². The van der Waals surface area contributed by atoms with Gasteiger partial charge in [-0.1, -0.05) is 5.21 Å². The van der Waals surface area contributed by atoms with Crippen molar-refractivity contribution in [3.63, 3.8) is 0 Å². The van der Waals surface area contributed by atoms with E-state index in [-0.39, 0.29) is 16.8 Å². The molecule has 2 aromatic rings. The van der Waals surface area contributed by atoms with Gasteiger partial charge in [-0.3, -0.25) is 4.79 Å². The van der Waals surface area contributed by atoms with Gasteiger partial charge in [0.1, 0.15) is 12.1 Å². The van der Waals surface area contributed by atoms with Crippen molar-refractivity contribution < 1.29 is 18.0 Å². The van der Waals surface area contributed by atoms with Crippen LogP contribution in [0.3, 0.4) is 0 Å². The third-order valence-electron chi connectivity index (χ3n) is 2.49. The Morgan fingerprint density at radius 3 is 2.43 bits per heavy atom. The highest BCUT2D eigenvalue weighted by atomic mass is 19.4. The molecule has 0 fully saturated rings. The number of nitriles is 2. The third kappa shape index (κ3) is 2.72. The minimum absolute atomic E-state index is 0.0363. The molecular weight excluding hydrogens is 287 g/mol. The normalized spacial score (nSPS) is 10.7. The fraction of sp³-hybridized carbons (Fsp3) is 0.0833. The first-order valence-electron chi connectivity index (χ1n) is 5.35. The Morgan fingerprint density at radius 1 is 1.19 bits per heavy atom. The third-order valence-corrected chi connectivity index (χ3v) is 2.49. The van der Waals surface area contributed by atoms with Gasteiger partial charge in [0.2, 0.25) is 0 Å². The smallest absolute Gasteiger partial charge is 0.282 e. The summed E-state index contributed by atoms with van der Waals surface area (Å²) in [6, 6.07) is 7.53. The van der Waals surface area contributed by atoms with Gasteiger partial charge in [-0.05, 0) is 18.2 Å². The molecular formula is C12H4F3N5O. The molecule has 0 saturated carbocycles. The fourth-order valence-corrected chi connectivity index (χ4v) is 1.50. The number of nitrogens with zero attached hydrogens (tertiary/aromatic N) is 5. The minimum Gasteiger partial charge on any atom is -0.282 e. The largest absolute Gasteiger partial charge is 0.456 e. The van der Waals surface area contributed by atoms with Crippen LogP contribution in [0, 0.1) is 22.7 Å². The van der Waals surface area contributed by atoms with Gasteiger partial charge >= 0.3 is 6.18 Å². The standard InChI is InChI=1S/C12H4F3N5O/c13-12(14,15)11(21)10-6-20(19-18-10)9-2-1-7(4-16)8(3-9)5-17/h1-3,6H. The summed E-state index contributed by atoms with van der Waals surface area (Å²) in [4.78, 5) is 11.0. The number of ketones is 1. The first kappa shape index (κ1) is 14.2. The van der Waals surface area contributed by atoms with Crippen LogP contribution in [-0.2, 0) is 0 Å². The van der Waals surface area contributed by atoms with Crippen molar-refractivity contribution in [1.82, 2.24) is 15.0 Å². The van der Waals surface area contributed by atoms with Gasteiger partial charge < -0.3 is 0 Å². The van der Waals surface area contributed by atoms with Crippen molar-refractivity contribution in [3.8, 4) is 17.8 Å². The molecule has 21 heavy (non-hydrogen) atoms. The van der Waals surface area contributed by atoms with Gasteiger partial charge in [-0.15, -0.1) is 5.10 Å². The van der Waals surface area contributed by atoms with Crippen molar-refractivity contribution >= 4 is 5.78 Å². The van der Waals surface area contributed by atoms with Crippen LogP contribution in [0.5, 0.6) is 0 Å². The summed E-state index contributed by atoms with van der Waals surface area (Å²) in [6.45, 7) is 0. The average molecular weight is 291 g/mol. The van der Waals surface area contributed by atoms with Gasteiger partial charge in [0.05, 0.1) is 23.0 Å². The second kappa shape index (κ2) is 5.06. The Hall–Kier alpha value is -3.20. The fourth-order valence-electron chi connectivity index (χ4n) is 1.50. The number of halogens is 3. The van der Waals surface area contributed by atoms with E-state index in [9.17, 15) is 18.0 Å². The molecule has 1 heterocycles. The van der Waals surface area contributed by atoms with Gasteiger partial charge in [0.15, 0.2) is 5.69 Å². The van der Waals surface area contributed by atoms with E-state index in [1.807, 2.05) is 0 Å². The van der Waals surface area contributed by atoms with Gasteiger partial charge in [-0.25, -0.2) is 4.68 Å². The lowest BCUT2D eigenvalue weighted by atomic mass is 10.1. The minimum atomic E-state index is -5.04. The number of alkyl halides is 3. The lowest BCUT2D eigenvalue weighted by Crippen LogP contribution is -2.23. The molecule has 9 heteroatoms. The maximum Gasteiger partial charge on any atom is 0.456 e. The molecule has 0 spiro atoms. The Kier molecular flexibility index (Phi) is 3.42. The number of benzene rings is 1. The molecule has 0 atom stereocenters. The van der Waals surface area contributed by atoms with Crippen molar-refractivity contribution in [3.05, 3.63) is 41.2 Å². The Bertz CT molecular complexity index is 794. The molecule has 0 aliphatic heterocycles. The van der Waals surface area contributed by atoms with E-state index in [0.717, 1.165) is 10.9 Å². The molecule has 0 amide bonds. The first-order valence-corrected chi connectivity index (χ1v) is 5.35. The quantitative estimate of drug-likeness (QED) is 0.785. The molecule has 2 rings (SSSR count). The first-order chi connectivity index (χ1) is 9.86. The van der Waals surface area contributed by atoms with Crippen molar-refractivity contribution in [2.24, 2.45) is 0 Å². The molecule has 0 unspecified atom stereocenters. The van der Waals surface area contributed by atoms with Crippen LogP contribution in [0.25, 0.3) is 5.69 Å². The molecule has 0 saturated heterocycles. The molecule has 1 aromatic heterocycles. The van der Waals surface area contributed by atoms with E-state index in [4.69, 9.17) is 10.5 Å². The molecule has 0 aliphatic rings. The van der Waals surface area contributed by atoms with Crippen LogP contribution >= 0.6 is 0 Å². The number of aromatic nitrogens is 3. The number of hydrogen-bond acceptors (Lipinski definition) is 5. The van der Waals surface area contributed by atoms with Crippen LogP contribution in [0.1, 0.15) is 21.6 Å².